The molecule has 6 nitrogen and oxygen atoms in total. The van der Waals surface area contributed by atoms with Gasteiger partial charge in [0.1, 0.15) is 11.6 Å². The molecule has 1 heterocycles. The second-order valence-electron chi connectivity index (χ2n) is 8.27. The minimum Gasteiger partial charge on any atom is -0.507 e. The van der Waals surface area contributed by atoms with E-state index in [0.29, 0.717) is 22.8 Å². The van der Waals surface area contributed by atoms with E-state index in [-0.39, 0.29) is 22.5 Å². The summed E-state index contributed by atoms with van der Waals surface area (Å²) in [7, 11) is -5.61. The number of aromatic hydroxyl groups is 1. The molecule has 3 aromatic rings. The molecule has 2 N–H and O–H groups in total. The molecule has 0 aliphatic carbocycles. The summed E-state index contributed by atoms with van der Waals surface area (Å²) in [6.07, 6.45) is 1.87. The average molecular weight is 487 g/mol. The number of aromatic nitrogens is 2. The fraction of sp³-hybridized carbons (Fsp3) is 0.333. The number of nitrogens with one attached hydrogen (secondary N) is 1. The quantitative estimate of drug-likeness (QED) is 0.510. The smallest absolute Gasteiger partial charge is 0.501 e. The van der Waals surface area contributed by atoms with Crippen LogP contribution in [0.1, 0.15) is 31.9 Å². The van der Waals surface area contributed by atoms with E-state index in [1.165, 1.54) is 11.8 Å². The van der Waals surface area contributed by atoms with Crippen LogP contribution in [0.3, 0.4) is 0 Å². The van der Waals surface area contributed by atoms with Crippen LogP contribution in [0.4, 0.5) is 13.2 Å². The highest BCUT2D eigenvalue weighted by atomic mass is 32.2. The van der Waals surface area contributed by atoms with Gasteiger partial charge in [-0.25, -0.2) is 13.4 Å². The lowest BCUT2D eigenvalue weighted by molar-refractivity contribution is -0.0435. The molecule has 0 fully saturated rings. The van der Waals surface area contributed by atoms with Gasteiger partial charge in [0.05, 0.1) is 21.4 Å². The van der Waals surface area contributed by atoms with Crippen LogP contribution in [-0.4, -0.2) is 35.3 Å². The first kappa shape index (κ1) is 24.1. The third kappa shape index (κ3) is 3.99. The van der Waals surface area contributed by atoms with Gasteiger partial charge in [0, 0.05) is 10.5 Å². The van der Waals surface area contributed by atoms with Gasteiger partial charge in [-0.15, -0.1) is 11.8 Å². The number of hydrogen-bond donors (Lipinski definition) is 2. The maximum absolute atomic E-state index is 12.9. The van der Waals surface area contributed by atoms with Crippen molar-refractivity contribution < 1.29 is 26.7 Å². The third-order valence-electron chi connectivity index (χ3n) is 5.07. The molecule has 3 rings (SSSR count). The van der Waals surface area contributed by atoms with Crippen LogP contribution in [-0.2, 0) is 15.3 Å². The van der Waals surface area contributed by atoms with Crippen molar-refractivity contribution in [2.75, 3.05) is 6.26 Å². The maximum Gasteiger partial charge on any atom is 0.501 e. The number of aromatic amines is 1. The Labute approximate surface area is 186 Å². The number of alkyl halides is 3. The van der Waals surface area contributed by atoms with Gasteiger partial charge >= 0.3 is 5.51 Å². The molecular weight excluding hydrogens is 465 g/mol. The van der Waals surface area contributed by atoms with E-state index < -0.39 is 31.2 Å². The first-order chi connectivity index (χ1) is 14.6. The molecule has 0 saturated heterocycles. The van der Waals surface area contributed by atoms with Crippen molar-refractivity contribution in [3.63, 3.8) is 0 Å². The van der Waals surface area contributed by atoms with Crippen molar-refractivity contribution in [1.82, 2.24) is 9.97 Å². The molecule has 0 unspecified atom stereocenters. The molecule has 2 aromatic carbocycles. The predicted molar refractivity (Wildman–Crippen MR) is 118 cm³/mol. The summed E-state index contributed by atoms with van der Waals surface area (Å²) in [6.45, 7) is 7.52. The van der Waals surface area contributed by atoms with Crippen LogP contribution in [0.5, 0.6) is 5.75 Å². The van der Waals surface area contributed by atoms with E-state index in [1.54, 1.807) is 6.92 Å². The van der Waals surface area contributed by atoms with Crippen molar-refractivity contribution >= 4 is 32.5 Å². The van der Waals surface area contributed by atoms with Crippen LogP contribution < -0.4 is 5.56 Å². The molecule has 0 amide bonds. The molecule has 1 aromatic heterocycles. The second-order valence-corrected chi connectivity index (χ2v) is 11.1. The van der Waals surface area contributed by atoms with Crippen LogP contribution in [0.25, 0.3) is 22.3 Å². The minimum absolute atomic E-state index is 0.00413. The Morgan fingerprint density at radius 2 is 1.75 bits per heavy atom. The van der Waals surface area contributed by atoms with Gasteiger partial charge in [-0.05, 0) is 48.4 Å². The first-order valence-electron chi connectivity index (χ1n) is 9.36. The molecule has 0 aliphatic heterocycles. The molecule has 0 spiro atoms. The van der Waals surface area contributed by atoms with Crippen molar-refractivity contribution in [1.29, 1.82) is 0 Å². The zero-order chi connectivity index (χ0) is 24.2. The molecule has 172 valence electrons. The molecule has 0 saturated carbocycles. The van der Waals surface area contributed by atoms with Crippen LogP contribution in [0, 0.1) is 6.92 Å². The van der Waals surface area contributed by atoms with Crippen LogP contribution >= 0.6 is 11.8 Å². The number of nitrogens with zero attached hydrogens (tertiary/aromatic N) is 1. The van der Waals surface area contributed by atoms with Gasteiger partial charge in [0.15, 0.2) is 0 Å². The lowest BCUT2D eigenvalue weighted by Gasteiger charge is -2.24. The van der Waals surface area contributed by atoms with Crippen molar-refractivity contribution in [2.24, 2.45) is 0 Å². The van der Waals surface area contributed by atoms with E-state index in [1.807, 2.05) is 33.1 Å². The second kappa shape index (κ2) is 7.80. The largest absolute Gasteiger partial charge is 0.507 e. The number of phenols is 1. The normalized spacial score (nSPS) is 13.0. The van der Waals surface area contributed by atoms with Gasteiger partial charge < -0.3 is 10.1 Å². The average Bonchev–Trinajstić information content (AvgIpc) is 2.66. The number of fused-ring (bicyclic) bond motifs is 1. The van der Waals surface area contributed by atoms with Gasteiger partial charge in [0.2, 0.25) is 0 Å². The summed E-state index contributed by atoms with van der Waals surface area (Å²) in [5, 5.41) is 10.7. The Morgan fingerprint density at radius 1 is 1.12 bits per heavy atom. The Hall–Kier alpha value is -2.53. The molecule has 0 bridgehead atoms. The number of thioether (sulfide) groups is 1. The van der Waals surface area contributed by atoms with Crippen molar-refractivity contribution in [3.05, 3.63) is 45.7 Å². The van der Waals surface area contributed by atoms with Gasteiger partial charge in [-0.3, -0.25) is 4.79 Å². The molecule has 0 aliphatic rings. The number of rotatable bonds is 3. The SMILES string of the molecule is CSc1cc(C(C)(C)C)c(O)c(-c2nc3ccc(S(=O)(=O)C(F)(F)F)cc3c(=O)[nH]2)c1C. The number of H-pyrrole nitrogens is 1. The zero-order valence-corrected chi connectivity index (χ0v) is 19.5. The zero-order valence-electron chi connectivity index (χ0n) is 17.9. The molecule has 11 heteroatoms. The van der Waals surface area contributed by atoms with E-state index in [9.17, 15) is 31.5 Å². The van der Waals surface area contributed by atoms with E-state index in [2.05, 4.69) is 9.97 Å². The number of halogens is 3. The predicted octanol–water partition coefficient (Wildman–Crippen LogP) is 4.92. The van der Waals surface area contributed by atoms with Crippen LogP contribution in [0.15, 0.2) is 38.9 Å². The highest BCUT2D eigenvalue weighted by molar-refractivity contribution is 7.98. The summed E-state index contributed by atoms with van der Waals surface area (Å²) >= 11 is 1.45. The molecule has 0 atom stereocenters. The molecular formula is C21H21F3N2O4S2. The number of benzene rings is 2. The highest BCUT2D eigenvalue weighted by Crippen LogP contribution is 2.43. The Bertz CT molecular complexity index is 1390. The summed E-state index contributed by atoms with van der Waals surface area (Å²) in [5.74, 6) is -0.0307. The summed E-state index contributed by atoms with van der Waals surface area (Å²) < 4.78 is 62.0. The number of phenolic OH excluding ortho intramolecular Hbond substituents is 1. The first-order valence-corrected chi connectivity index (χ1v) is 12.1. The Kier molecular flexibility index (Phi) is 5.88. The summed E-state index contributed by atoms with van der Waals surface area (Å²) in [5.41, 5.74) is -5.14. The standard InChI is InChI=1S/C21H21F3N2O4S2/c1-10-15(31-5)9-13(20(2,3)4)17(27)16(10)18-25-14-7-6-11(8-12(14)19(28)26-18)32(29,30)21(22,23)24/h6-9,27H,1-5H3,(H,25,26,28). The van der Waals surface area contributed by atoms with Crippen molar-refractivity contribution in [2.45, 2.75) is 48.4 Å². The van der Waals surface area contributed by atoms with E-state index in [0.717, 1.165) is 17.0 Å². The van der Waals surface area contributed by atoms with Gasteiger partial charge in [0.25, 0.3) is 15.4 Å². The monoisotopic (exact) mass is 486 g/mol. The van der Waals surface area contributed by atoms with E-state index >= 15 is 0 Å². The lowest BCUT2D eigenvalue weighted by atomic mass is 9.84. The topological polar surface area (TPSA) is 100 Å². The Morgan fingerprint density at radius 3 is 2.28 bits per heavy atom. The fourth-order valence-corrected chi connectivity index (χ4v) is 4.79. The number of sulfone groups is 1. The minimum atomic E-state index is -5.61. The van der Waals surface area contributed by atoms with Gasteiger partial charge in [-0.2, -0.15) is 13.2 Å². The van der Waals surface area contributed by atoms with Gasteiger partial charge in [-0.1, -0.05) is 20.8 Å². The molecule has 32 heavy (non-hydrogen) atoms. The van der Waals surface area contributed by atoms with Crippen molar-refractivity contribution in [3.8, 4) is 17.1 Å². The summed E-state index contributed by atoms with van der Waals surface area (Å²) in [4.78, 5) is 19.3. The summed E-state index contributed by atoms with van der Waals surface area (Å²) in [6, 6.07) is 4.32. The highest BCUT2D eigenvalue weighted by Gasteiger charge is 2.47. The lowest BCUT2D eigenvalue weighted by Crippen LogP contribution is -2.23. The Balaban J connectivity index is 2.31. The maximum atomic E-state index is 12.9. The van der Waals surface area contributed by atoms with Crippen LogP contribution in [0.2, 0.25) is 0 Å². The third-order valence-corrected chi connectivity index (χ3v) is 7.42. The fourth-order valence-electron chi connectivity index (χ4n) is 3.35. The molecule has 0 radical (unpaired) electrons. The number of hydrogen-bond acceptors (Lipinski definition) is 6. The van der Waals surface area contributed by atoms with E-state index in [4.69, 9.17) is 0 Å².